The van der Waals surface area contributed by atoms with Crippen molar-refractivity contribution in [1.82, 2.24) is 14.7 Å². The number of benzene rings is 2. The topological polar surface area (TPSA) is 67.6 Å². The summed E-state index contributed by atoms with van der Waals surface area (Å²) >= 11 is 0. The third-order valence-electron chi connectivity index (χ3n) is 4.25. The van der Waals surface area contributed by atoms with Crippen molar-refractivity contribution in [3.05, 3.63) is 76.2 Å². The van der Waals surface area contributed by atoms with Crippen LogP contribution >= 0.6 is 0 Å². The summed E-state index contributed by atoms with van der Waals surface area (Å²) in [6, 6.07) is 14.6. The summed E-state index contributed by atoms with van der Waals surface area (Å²) in [6.45, 7) is 2.85. The zero-order valence-electron chi connectivity index (χ0n) is 13.7. The summed E-state index contributed by atoms with van der Waals surface area (Å²) in [7, 11) is 0. The Balaban J connectivity index is 1.75. The fourth-order valence-electron chi connectivity index (χ4n) is 2.89. The Morgan fingerprint density at radius 3 is 2.64 bits per heavy atom. The van der Waals surface area contributed by atoms with E-state index >= 15 is 0 Å². The minimum absolute atomic E-state index is 0.182. The highest BCUT2D eigenvalue weighted by molar-refractivity contribution is 6.07. The van der Waals surface area contributed by atoms with E-state index in [1.54, 1.807) is 30.5 Å². The molecule has 1 aromatic heterocycles. The van der Waals surface area contributed by atoms with Gasteiger partial charge in [0.25, 0.3) is 11.5 Å². The van der Waals surface area contributed by atoms with Gasteiger partial charge in [-0.25, -0.2) is 4.99 Å². The predicted molar refractivity (Wildman–Crippen MR) is 95.9 cm³/mol. The lowest BCUT2D eigenvalue weighted by molar-refractivity contribution is 0.0853. The third-order valence-corrected chi connectivity index (χ3v) is 4.25. The molecule has 0 atom stereocenters. The number of rotatable bonds is 1. The van der Waals surface area contributed by atoms with E-state index < -0.39 is 0 Å². The summed E-state index contributed by atoms with van der Waals surface area (Å²) < 4.78 is 1.21. The lowest BCUT2D eigenvalue weighted by atomic mass is 10.1. The van der Waals surface area contributed by atoms with E-state index in [1.165, 1.54) is 9.58 Å². The van der Waals surface area contributed by atoms with Crippen LogP contribution in [-0.2, 0) is 0 Å². The summed E-state index contributed by atoms with van der Waals surface area (Å²) in [5, 5.41) is 5.52. The molecule has 6 heteroatoms. The molecule has 0 aliphatic carbocycles. The molecule has 0 unspecified atom stereocenters. The van der Waals surface area contributed by atoms with Crippen LogP contribution in [-0.4, -0.2) is 39.6 Å². The molecular weight excluding hydrogens is 316 g/mol. The van der Waals surface area contributed by atoms with Gasteiger partial charge in [-0.2, -0.15) is 9.78 Å². The molecule has 124 valence electrons. The van der Waals surface area contributed by atoms with Gasteiger partial charge >= 0.3 is 0 Å². The molecule has 0 saturated carbocycles. The lowest BCUT2D eigenvalue weighted by Gasteiger charge is -2.18. The van der Waals surface area contributed by atoms with E-state index in [1.807, 2.05) is 31.2 Å². The number of aryl methyl sites for hydroxylation is 1. The van der Waals surface area contributed by atoms with Crippen molar-refractivity contribution in [2.24, 2.45) is 4.99 Å². The first-order valence-corrected chi connectivity index (χ1v) is 8.05. The van der Waals surface area contributed by atoms with Gasteiger partial charge in [-0.15, -0.1) is 0 Å². The van der Waals surface area contributed by atoms with Gasteiger partial charge in [-0.1, -0.05) is 35.9 Å². The van der Waals surface area contributed by atoms with Crippen molar-refractivity contribution in [3.63, 3.8) is 0 Å². The fraction of sp³-hybridized carbons (Fsp3) is 0.158. The number of nitrogens with zero attached hydrogens (tertiary/aromatic N) is 4. The molecule has 0 saturated heterocycles. The SMILES string of the molecule is Cc1ccc(C(=O)N2CCN=C2n2ncc3ccccc3c2=O)cc1. The van der Waals surface area contributed by atoms with E-state index in [2.05, 4.69) is 10.1 Å². The minimum atomic E-state index is -0.277. The highest BCUT2D eigenvalue weighted by atomic mass is 16.2. The Bertz CT molecular complexity index is 1050. The standard InChI is InChI=1S/C19H16N4O2/c1-13-6-8-14(9-7-13)17(24)22-11-10-20-19(22)23-18(25)16-5-3-2-4-15(16)12-21-23/h2-9,12H,10-11H2,1H3. The maximum atomic E-state index is 12.8. The summed E-state index contributed by atoms with van der Waals surface area (Å²) in [5.74, 6) is 0.0967. The molecule has 2 heterocycles. The van der Waals surface area contributed by atoms with E-state index in [4.69, 9.17) is 0 Å². The van der Waals surface area contributed by atoms with E-state index in [0.29, 0.717) is 24.0 Å². The Hall–Kier alpha value is -3.28. The Morgan fingerprint density at radius 2 is 1.84 bits per heavy atom. The third kappa shape index (κ3) is 2.61. The highest BCUT2D eigenvalue weighted by Crippen LogP contribution is 2.12. The van der Waals surface area contributed by atoms with Gasteiger partial charge in [0.2, 0.25) is 5.96 Å². The average molecular weight is 332 g/mol. The molecule has 0 bridgehead atoms. The smallest absolute Gasteiger partial charge is 0.275 e. The van der Waals surface area contributed by atoms with Crippen LogP contribution in [0, 0.1) is 6.92 Å². The van der Waals surface area contributed by atoms with Gasteiger partial charge in [-0.05, 0) is 25.1 Å². The predicted octanol–water partition coefficient (Wildman–Crippen LogP) is 2.07. The van der Waals surface area contributed by atoms with Crippen molar-refractivity contribution >= 4 is 22.6 Å². The van der Waals surface area contributed by atoms with E-state index in [-0.39, 0.29) is 17.4 Å². The molecule has 0 radical (unpaired) electrons. The van der Waals surface area contributed by atoms with Crippen LogP contribution in [0.4, 0.5) is 0 Å². The maximum absolute atomic E-state index is 12.8. The average Bonchev–Trinajstić information content (AvgIpc) is 3.12. The highest BCUT2D eigenvalue weighted by Gasteiger charge is 2.27. The van der Waals surface area contributed by atoms with Crippen molar-refractivity contribution in [2.45, 2.75) is 6.92 Å². The summed E-state index contributed by atoms with van der Waals surface area (Å²) in [6.07, 6.45) is 1.62. The van der Waals surface area contributed by atoms with Gasteiger partial charge in [0.05, 0.1) is 18.1 Å². The van der Waals surface area contributed by atoms with Gasteiger partial charge < -0.3 is 0 Å². The first-order chi connectivity index (χ1) is 12.1. The van der Waals surface area contributed by atoms with Crippen LogP contribution in [0.25, 0.3) is 10.8 Å². The minimum Gasteiger partial charge on any atom is -0.275 e. The molecule has 3 aromatic rings. The molecule has 1 amide bonds. The Morgan fingerprint density at radius 1 is 1.08 bits per heavy atom. The number of carbonyl (C=O) groups excluding carboxylic acids is 1. The van der Waals surface area contributed by atoms with Crippen molar-refractivity contribution in [3.8, 4) is 0 Å². The fourth-order valence-corrected chi connectivity index (χ4v) is 2.89. The zero-order valence-corrected chi connectivity index (χ0v) is 13.7. The van der Waals surface area contributed by atoms with Crippen molar-refractivity contribution < 1.29 is 4.79 Å². The van der Waals surface area contributed by atoms with Crippen LogP contribution in [0.1, 0.15) is 15.9 Å². The number of hydrogen-bond donors (Lipinski definition) is 0. The van der Waals surface area contributed by atoms with Crippen LogP contribution in [0.15, 0.2) is 64.5 Å². The maximum Gasteiger partial charge on any atom is 0.282 e. The van der Waals surface area contributed by atoms with Crippen LogP contribution in [0.2, 0.25) is 0 Å². The number of hydrogen-bond acceptors (Lipinski definition) is 4. The van der Waals surface area contributed by atoms with Crippen molar-refractivity contribution in [2.75, 3.05) is 13.1 Å². The summed E-state index contributed by atoms with van der Waals surface area (Å²) in [5.41, 5.74) is 1.37. The number of amides is 1. The van der Waals surface area contributed by atoms with Gasteiger partial charge in [-0.3, -0.25) is 14.5 Å². The number of aromatic nitrogens is 2. The molecular formula is C19H16N4O2. The first kappa shape index (κ1) is 15.3. The molecule has 1 aliphatic rings. The number of carbonyl (C=O) groups is 1. The largest absolute Gasteiger partial charge is 0.282 e. The summed E-state index contributed by atoms with van der Waals surface area (Å²) in [4.78, 5) is 31.4. The second-order valence-electron chi connectivity index (χ2n) is 5.95. The van der Waals surface area contributed by atoms with Crippen LogP contribution in [0.5, 0.6) is 0 Å². The molecule has 25 heavy (non-hydrogen) atoms. The number of fused-ring (bicyclic) bond motifs is 1. The second kappa shape index (κ2) is 5.98. The quantitative estimate of drug-likeness (QED) is 0.685. The molecule has 2 aromatic carbocycles. The second-order valence-corrected chi connectivity index (χ2v) is 5.95. The van der Waals surface area contributed by atoms with Crippen molar-refractivity contribution in [1.29, 1.82) is 0 Å². The monoisotopic (exact) mass is 332 g/mol. The number of aliphatic imine (C=N–C) groups is 1. The normalized spacial score (nSPS) is 14.0. The molecule has 1 aliphatic heterocycles. The van der Waals surface area contributed by atoms with Gasteiger partial charge in [0.1, 0.15) is 0 Å². The van der Waals surface area contributed by atoms with E-state index in [9.17, 15) is 9.59 Å². The molecule has 0 fully saturated rings. The zero-order chi connectivity index (χ0) is 17.4. The van der Waals surface area contributed by atoms with Crippen LogP contribution < -0.4 is 5.56 Å². The Kier molecular flexibility index (Phi) is 3.65. The molecule has 0 N–H and O–H groups in total. The lowest BCUT2D eigenvalue weighted by Crippen LogP contribution is -2.43. The van der Waals surface area contributed by atoms with Crippen LogP contribution in [0.3, 0.4) is 0 Å². The molecule has 0 spiro atoms. The first-order valence-electron chi connectivity index (χ1n) is 8.05. The Labute approximate surface area is 144 Å². The molecule has 4 rings (SSSR count). The molecule has 6 nitrogen and oxygen atoms in total. The van der Waals surface area contributed by atoms with E-state index in [0.717, 1.165) is 10.9 Å². The van der Waals surface area contributed by atoms with Gasteiger partial charge in [0, 0.05) is 17.5 Å². The van der Waals surface area contributed by atoms with Gasteiger partial charge in [0.15, 0.2) is 0 Å².